The van der Waals surface area contributed by atoms with Gasteiger partial charge in [0.25, 0.3) is 0 Å². The molecule has 2 aromatic carbocycles. The van der Waals surface area contributed by atoms with E-state index in [2.05, 4.69) is 9.72 Å². The lowest BCUT2D eigenvalue weighted by Crippen LogP contribution is -2.15. The van der Waals surface area contributed by atoms with Gasteiger partial charge in [-0.05, 0) is 79.0 Å². The fourth-order valence-electron chi connectivity index (χ4n) is 4.18. The highest BCUT2D eigenvalue weighted by Gasteiger charge is 2.27. The van der Waals surface area contributed by atoms with Gasteiger partial charge in [0.1, 0.15) is 6.10 Å². The first-order valence-corrected chi connectivity index (χ1v) is 14.1. The van der Waals surface area contributed by atoms with Crippen molar-refractivity contribution in [2.24, 2.45) is 11.8 Å². The number of carbonyl (C=O) groups is 1. The molecule has 2 aliphatic carbocycles. The number of ether oxygens (including phenoxy) is 5. The second-order valence-corrected chi connectivity index (χ2v) is 11.0. The molecule has 41 heavy (non-hydrogen) atoms. The van der Waals surface area contributed by atoms with Crippen LogP contribution in [-0.4, -0.2) is 37.9 Å². The second kappa shape index (κ2) is 13.1. The molecule has 7 nitrogen and oxygen atoms in total. The van der Waals surface area contributed by atoms with Crippen molar-refractivity contribution in [1.82, 2.24) is 4.98 Å². The third-order valence-corrected chi connectivity index (χ3v) is 7.54. The van der Waals surface area contributed by atoms with Gasteiger partial charge >= 0.3 is 12.6 Å². The summed E-state index contributed by atoms with van der Waals surface area (Å²) < 4.78 is 53.8. The first-order chi connectivity index (χ1) is 19.8. The molecule has 1 unspecified atom stereocenters. The molecule has 11 heteroatoms. The van der Waals surface area contributed by atoms with E-state index in [9.17, 15) is 13.6 Å². The normalized spacial score (nSPS) is 15.4. The molecule has 2 aliphatic rings. The number of pyridine rings is 1. The van der Waals surface area contributed by atoms with Crippen molar-refractivity contribution in [2.45, 2.75) is 44.8 Å². The highest BCUT2D eigenvalue weighted by Crippen LogP contribution is 2.38. The Labute approximate surface area is 246 Å². The smallest absolute Gasteiger partial charge is 0.387 e. The number of alkyl halides is 2. The van der Waals surface area contributed by atoms with E-state index in [0.29, 0.717) is 57.7 Å². The van der Waals surface area contributed by atoms with E-state index in [1.165, 1.54) is 30.6 Å². The maximum atomic E-state index is 13.5. The Morgan fingerprint density at radius 1 is 0.902 bits per heavy atom. The molecule has 0 N–H and O–H groups in total. The summed E-state index contributed by atoms with van der Waals surface area (Å²) in [6, 6.07) is 9.26. The molecule has 2 saturated carbocycles. The van der Waals surface area contributed by atoms with E-state index in [0.717, 1.165) is 25.7 Å². The van der Waals surface area contributed by atoms with E-state index in [1.807, 2.05) is 0 Å². The standard InChI is InChI=1S/C30H29Cl2F2NO6/c1-37-24-8-6-19(10-27(24)38-15-17-2-3-17)26(12-21-22(31)13-35-14-23(21)32)40-29(36)20-7-9-25(41-30(33)34)28(11-20)39-16-18-4-5-18/h6-11,13-14,17-18,26,30H,2-5,12,15-16H2,1H3. The summed E-state index contributed by atoms with van der Waals surface area (Å²) in [6.07, 6.45) is 6.46. The van der Waals surface area contributed by atoms with Gasteiger partial charge in [-0.15, -0.1) is 0 Å². The monoisotopic (exact) mass is 607 g/mol. The van der Waals surface area contributed by atoms with Crippen molar-refractivity contribution in [3.63, 3.8) is 0 Å². The van der Waals surface area contributed by atoms with Crippen LogP contribution in [0.25, 0.3) is 0 Å². The molecule has 1 heterocycles. The molecular formula is C30H29Cl2F2NO6. The number of aromatic nitrogens is 1. The van der Waals surface area contributed by atoms with Crippen LogP contribution in [0.15, 0.2) is 48.8 Å². The Morgan fingerprint density at radius 3 is 2.10 bits per heavy atom. The van der Waals surface area contributed by atoms with Gasteiger partial charge in [0, 0.05) is 18.8 Å². The first-order valence-electron chi connectivity index (χ1n) is 13.3. The van der Waals surface area contributed by atoms with Gasteiger partial charge in [-0.1, -0.05) is 29.3 Å². The van der Waals surface area contributed by atoms with Gasteiger partial charge in [-0.2, -0.15) is 8.78 Å². The van der Waals surface area contributed by atoms with Crippen LogP contribution in [0.5, 0.6) is 23.0 Å². The lowest BCUT2D eigenvalue weighted by atomic mass is 10.0. The minimum atomic E-state index is -3.04. The van der Waals surface area contributed by atoms with Crippen molar-refractivity contribution in [3.05, 3.63) is 75.5 Å². The molecule has 0 radical (unpaired) electrons. The summed E-state index contributed by atoms with van der Waals surface area (Å²) in [5.74, 6) is 1.13. The molecule has 0 amide bonds. The fourth-order valence-corrected chi connectivity index (χ4v) is 4.69. The van der Waals surface area contributed by atoms with Crippen molar-refractivity contribution >= 4 is 29.2 Å². The quantitative estimate of drug-likeness (QED) is 0.174. The second-order valence-electron chi connectivity index (χ2n) is 10.1. The van der Waals surface area contributed by atoms with Gasteiger partial charge in [0.2, 0.25) is 0 Å². The van der Waals surface area contributed by atoms with E-state index < -0.39 is 18.7 Å². The largest absolute Gasteiger partial charge is 0.493 e. The van der Waals surface area contributed by atoms with Crippen LogP contribution in [0.1, 0.15) is 53.3 Å². The van der Waals surface area contributed by atoms with Crippen LogP contribution in [0.3, 0.4) is 0 Å². The van der Waals surface area contributed by atoms with Crippen LogP contribution in [0.2, 0.25) is 10.0 Å². The molecule has 0 saturated heterocycles. The molecular weight excluding hydrogens is 579 g/mol. The number of hydrogen-bond donors (Lipinski definition) is 0. The van der Waals surface area contributed by atoms with Gasteiger partial charge in [0.05, 0.1) is 35.9 Å². The average molecular weight is 608 g/mol. The van der Waals surface area contributed by atoms with Gasteiger partial charge in [-0.25, -0.2) is 4.79 Å². The maximum absolute atomic E-state index is 13.5. The molecule has 3 aromatic rings. The SMILES string of the molecule is COc1ccc(C(Cc2c(Cl)cncc2Cl)OC(=O)c2ccc(OC(F)F)c(OCC3CC3)c2)cc1OCC1CC1. The molecule has 0 spiro atoms. The van der Waals surface area contributed by atoms with Crippen LogP contribution < -0.4 is 18.9 Å². The number of benzene rings is 2. The van der Waals surface area contributed by atoms with E-state index in [4.69, 9.17) is 42.1 Å². The molecule has 1 atom stereocenters. The summed E-state index contributed by atoms with van der Waals surface area (Å²) in [4.78, 5) is 17.5. The minimum Gasteiger partial charge on any atom is -0.493 e. The summed E-state index contributed by atoms with van der Waals surface area (Å²) >= 11 is 12.8. The lowest BCUT2D eigenvalue weighted by molar-refractivity contribution is -0.0515. The summed E-state index contributed by atoms with van der Waals surface area (Å²) in [5, 5.41) is 0.642. The third kappa shape index (κ3) is 7.92. The number of methoxy groups -OCH3 is 1. The van der Waals surface area contributed by atoms with Crippen LogP contribution in [0, 0.1) is 11.8 Å². The number of esters is 1. The predicted molar refractivity (Wildman–Crippen MR) is 149 cm³/mol. The van der Waals surface area contributed by atoms with E-state index in [-0.39, 0.29) is 23.5 Å². The first kappa shape index (κ1) is 29.2. The zero-order valence-electron chi connectivity index (χ0n) is 22.3. The molecule has 218 valence electrons. The Balaban J connectivity index is 1.43. The number of rotatable bonds is 14. The van der Waals surface area contributed by atoms with Gasteiger partial charge in [0.15, 0.2) is 23.0 Å². The number of hydrogen-bond acceptors (Lipinski definition) is 7. The maximum Gasteiger partial charge on any atom is 0.387 e. The molecule has 2 fully saturated rings. The zero-order chi connectivity index (χ0) is 28.9. The number of halogens is 4. The van der Waals surface area contributed by atoms with Crippen molar-refractivity contribution < 1.29 is 37.3 Å². The number of nitrogens with zero attached hydrogens (tertiary/aromatic N) is 1. The summed E-state index contributed by atoms with van der Waals surface area (Å²) in [5.41, 5.74) is 1.27. The van der Waals surface area contributed by atoms with Crippen molar-refractivity contribution in [2.75, 3.05) is 20.3 Å². The predicted octanol–water partition coefficient (Wildman–Crippen LogP) is 7.72. The Kier molecular flexibility index (Phi) is 9.35. The average Bonchev–Trinajstić information content (AvgIpc) is 3.88. The van der Waals surface area contributed by atoms with Crippen LogP contribution >= 0.6 is 23.2 Å². The number of carbonyl (C=O) groups excluding carboxylic acids is 1. The fraction of sp³-hybridized carbons (Fsp3) is 0.400. The van der Waals surface area contributed by atoms with E-state index in [1.54, 1.807) is 25.3 Å². The Hall–Kier alpha value is -3.30. The highest BCUT2D eigenvalue weighted by molar-refractivity contribution is 6.35. The van der Waals surface area contributed by atoms with E-state index >= 15 is 0 Å². The minimum absolute atomic E-state index is 0.0450. The lowest BCUT2D eigenvalue weighted by Gasteiger charge is -2.22. The summed E-state index contributed by atoms with van der Waals surface area (Å²) in [7, 11) is 1.55. The van der Waals surface area contributed by atoms with Gasteiger partial charge in [-0.3, -0.25) is 4.98 Å². The summed E-state index contributed by atoms with van der Waals surface area (Å²) in [6.45, 7) is -2.14. The van der Waals surface area contributed by atoms with Crippen molar-refractivity contribution in [1.29, 1.82) is 0 Å². The zero-order valence-corrected chi connectivity index (χ0v) is 23.8. The Morgan fingerprint density at radius 2 is 1.51 bits per heavy atom. The van der Waals surface area contributed by atoms with Gasteiger partial charge < -0.3 is 23.7 Å². The molecule has 5 rings (SSSR count). The van der Waals surface area contributed by atoms with Crippen LogP contribution in [-0.2, 0) is 11.2 Å². The highest BCUT2D eigenvalue weighted by atomic mass is 35.5. The van der Waals surface area contributed by atoms with Crippen molar-refractivity contribution in [3.8, 4) is 23.0 Å². The molecule has 0 aliphatic heterocycles. The molecule has 1 aromatic heterocycles. The van der Waals surface area contributed by atoms with Crippen LogP contribution in [0.4, 0.5) is 8.78 Å². The topological polar surface area (TPSA) is 76.1 Å². The molecule has 0 bridgehead atoms. The Bertz CT molecular complexity index is 1360. The third-order valence-electron chi connectivity index (χ3n) is 6.89.